The second-order valence-electron chi connectivity index (χ2n) is 6.16. The predicted molar refractivity (Wildman–Crippen MR) is 90.2 cm³/mol. The molecule has 2 atom stereocenters. The number of β-amino-alcohol motifs (C(OH)–C–C–N with tert-alkyl or cyclic N) is 1. The zero-order chi connectivity index (χ0) is 16.2. The van der Waals surface area contributed by atoms with Crippen LogP contribution in [0.2, 0.25) is 0 Å². The molecule has 126 valence electrons. The van der Waals surface area contributed by atoms with Crippen LogP contribution >= 0.6 is 11.3 Å². The van der Waals surface area contributed by atoms with Crippen molar-refractivity contribution in [1.29, 1.82) is 0 Å². The van der Waals surface area contributed by atoms with E-state index in [2.05, 4.69) is 26.9 Å². The summed E-state index contributed by atoms with van der Waals surface area (Å²) in [5, 5.41) is 17.7. The van der Waals surface area contributed by atoms with Gasteiger partial charge in [-0.25, -0.2) is 0 Å². The van der Waals surface area contributed by atoms with E-state index in [9.17, 15) is 5.11 Å². The summed E-state index contributed by atoms with van der Waals surface area (Å²) in [6.45, 7) is 8.38. The summed E-state index contributed by atoms with van der Waals surface area (Å²) in [6.07, 6.45) is 0.799. The first-order valence-electron chi connectivity index (χ1n) is 8.15. The van der Waals surface area contributed by atoms with Gasteiger partial charge in [0.05, 0.1) is 12.6 Å². The SMILES string of the molecule is CCC1CN(Cc2nc(-c3ccsc3)no2)CCN1CC(C)O. The third-order valence-electron chi connectivity index (χ3n) is 4.27. The number of hydrogen-bond donors (Lipinski definition) is 1. The van der Waals surface area contributed by atoms with Crippen LogP contribution in [0.15, 0.2) is 21.3 Å². The minimum atomic E-state index is -0.278. The molecule has 0 bridgehead atoms. The Morgan fingerprint density at radius 1 is 1.48 bits per heavy atom. The van der Waals surface area contributed by atoms with Gasteiger partial charge in [0.25, 0.3) is 0 Å². The van der Waals surface area contributed by atoms with Gasteiger partial charge in [-0.15, -0.1) is 0 Å². The number of rotatable bonds is 6. The average Bonchev–Trinajstić information content (AvgIpc) is 3.19. The number of aromatic nitrogens is 2. The molecule has 2 unspecified atom stereocenters. The van der Waals surface area contributed by atoms with Gasteiger partial charge in [-0.2, -0.15) is 16.3 Å². The van der Waals surface area contributed by atoms with Gasteiger partial charge in [-0.05, 0) is 24.8 Å². The monoisotopic (exact) mass is 336 g/mol. The predicted octanol–water partition coefficient (Wildman–Crippen LogP) is 2.08. The van der Waals surface area contributed by atoms with Crippen molar-refractivity contribution >= 4 is 11.3 Å². The van der Waals surface area contributed by atoms with E-state index < -0.39 is 0 Å². The molecule has 1 fully saturated rings. The van der Waals surface area contributed by atoms with Gasteiger partial charge >= 0.3 is 0 Å². The number of hydrogen-bond acceptors (Lipinski definition) is 7. The van der Waals surface area contributed by atoms with Gasteiger partial charge in [0.15, 0.2) is 0 Å². The van der Waals surface area contributed by atoms with Crippen LogP contribution in [0.25, 0.3) is 11.4 Å². The third-order valence-corrected chi connectivity index (χ3v) is 4.95. The van der Waals surface area contributed by atoms with Crippen molar-refractivity contribution in [2.24, 2.45) is 0 Å². The quantitative estimate of drug-likeness (QED) is 0.871. The molecular formula is C16H24N4O2S. The molecule has 0 aliphatic carbocycles. The molecule has 0 saturated carbocycles. The maximum absolute atomic E-state index is 9.62. The van der Waals surface area contributed by atoms with Gasteiger partial charge in [-0.3, -0.25) is 9.80 Å². The Morgan fingerprint density at radius 2 is 2.35 bits per heavy atom. The number of aliphatic hydroxyl groups is 1. The fraction of sp³-hybridized carbons (Fsp3) is 0.625. The van der Waals surface area contributed by atoms with Crippen LogP contribution in [0.1, 0.15) is 26.2 Å². The first kappa shape index (κ1) is 16.6. The number of nitrogens with zero attached hydrogens (tertiary/aromatic N) is 4. The van der Waals surface area contributed by atoms with Crippen LogP contribution in [-0.2, 0) is 6.54 Å². The van der Waals surface area contributed by atoms with Crippen molar-refractivity contribution in [3.8, 4) is 11.4 Å². The van der Waals surface area contributed by atoms with E-state index >= 15 is 0 Å². The summed E-state index contributed by atoms with van der Waals surface area (Å²) in [4.78, 5) is 9.24. The van der Waals surface area contributed by atoms with Crippen LogP contribution in [0.4, 0.5) is 0 Å². The standard InChI is InChI=1S/C16H24N4O2S/c1-3-14-9-19(5-6-20(14)8-12(2)21)10-15-17-16(18-22-15)13-4-7-23-11-13/h4,7,11-12,14,21H,3,5-6,8-10H2,1-2H3. The first-order chi connectivity index (χ1) is 11.2. The lowest BCUT2D eigenvalue weighted by atomic mass is 10.1. The lowest BCUT2D eigenvalue weighted by Crippen LogP contribution is -2.54. The summed E-state index contributed by atoms with van der Waals surface area (Å²) in [7, 11) is 0. The fourth-order valence-corrected chi connectivity index (χ4v) is 3.72. The molecule has 3 rings (SSSR count). The Balaban J connectivity index is 1.59. The number of aliphatic hydroxyl groups excluding tert-OH is 1. The van der Waals surface area contributed by atoms with E-state index in [-0.39, 0.29) is 6.10 Å². The Kier molecular flexibility index (Phi) is 5.42. The summed E-state index contributed by atoms with van der Waals surface area (Å²) in [5.74, 6) is 1.34. The molecule has 0 radical (unpaired) electrons. The molecular weight excluding hydrogens is 312 g/mol. The summed E-state index contributed by atoms with van der Waals surface area (Å²) in [5.41, 5.74) is 1.01. The largest absolute Gasteiger partial charge is 0.392 e. The van der Waals surface area contributed by atoms with Crippen molar-refractivity contribution in [3.05, 3.63) is 22.7 Å². The van der Waals surface area contributed by atoms with Crippen molar-refractivity contribution in [2.75, 3.05) is 26.2 Å². The van der Waals surface area contributed by atoms with Crippen molar-refractivity contribution < 1.29 is 9.63 Å². The van der Waals surface area contributed by atoms with E-state index in [0.29, 0.717) is 24.3 Å². The maximum atomic E-state index is 9.62. The van der Waals surface area contributed by atoms with E-state index in [0.717, 1.165) is 38.2 Å². The molecule has 7 heteroatoms. The molecule has 3 heterocycles. The highest BCUT2D eigenvalue weighted by atomic mass is 32.1. The van der Waals surface area contributed by atoms with Crippen LogP contribution in [0.5, 0.6) is 0 Å². The Bertz CT molecular complexity index is 599. The lowest BCUT2D eigenvalue weighted by Gasteiger charge is -2.41. The normalized spacial score (nSPS) is 21.6. The molecule has 1 aliphatic rings. The highest BCUT2D eigenvalue weighted by molar-refractivity contribution is 7.08. The molecule has 0 amide bonds. The fourth-order valence-electron chi connectivity index (χ4n) is 3.09. The summed E-state index contributed by atoms with van der Waals surface area (Å²) < 4.78 is 5.40. The van der Waals surface area contributed by atoms with Gasteiger partial charge in [0, 0.05) is 43.2 Å². The van der Waals surface area contributed by atoms with Gasteiger partial charge in [-0.1, -0.05) is 12.1 Å². The van der Waals surface area contributed by atoms with Crippen molar-refractivity contribution in [2.45, 2.75) is 39.0 Å². The molecule has 6 nitrogen and oxygen atoms in total. The van der Waals surface area contributed by atoms with Crippen molar-refractivity contribution in [3.63, 3.8) is 0 Å². The highest BCUT2D eigenvalue weighted by Gasteiger charge is 2.27. The second-order valence-corrected chi connectivity index (χ2v) is 6.94. The van der Waals surface area contributed by atoms with Gasteiger partial charge in [0.1, 0.15) is 0 Å². The molecule has 1 aliphatic heterocycles. The van der Waals surface area contributed by atoms with Crippen molar-refractivity contribution in [1.82, 2.24) is 19.9 Å². The molecule has 1 saturated heterocycles. The van der Waals surface area contributed by atoms with E-state index in [1.54, 1.807) is 11.3 Å². The molecule has 0 aromatic carbocycles. The van der Waals surface area contributed by atoms with E-state index in [1.165, 1.54) is 0 Å². The van der Waals surface area contributed by atoms with Crippen LogP contribution < -0.4 is 0 Å². The summed E-state index contributed by atoms with van der Waals surface area (Å²) in [6, 6.07) is 2.47. The topological polar surface area (TPSA) is 65.6 Å². The smallest absolute Gasteiger partial charge is 0.241 e. The first-order valence-corrected chi connectivity index (χ1v) is 9.09. The molecule has 1 N–H and O–H groups in total. The Morgan fingerprint density at radius 3 is 3.04 bits per heavy atom. The van der Waals surface area contributed by atoms with E-state index in [4.69, 9.17) is 4.52 Å². The second kappa shape index (κ2) is 7.53. The molecule has 2 aromatic rings. The number of thiophene rings is 1. The minimum Gasteiger partial charge on any atom is -0.392 e. The molecule has 0 spiro atoms. The van der Waals surface area contributed by atoms with Crippen LogP contribution in [0.3, 0.4) is 0 Å². The molecule has 23 heavy (non-hydrogen) atoms. The third kappa shape index (κ3) is 4.17. The van der Waals surface area contributed by atoms with Crippen LogP contribution in [0, 0.1) is 0 Å². The Labute approximate surface area is 140 Å². The van der Waals surface area contributed by atoms with Gasteiger partial charge < -0.3 is 9.63 Å². The number of piperazine rings is 1. The highest BCUT2D eigenvalue weighted by Crippen LogP contribution is 2.20. The maximum Gasteiger partial charge on any atom is 0.241 e. The Hall–Kier alpha value is -1.28. The summed E-state index contributed by atoms with van der Waals surface area (Å²) >= 11 is 1.63. The lowest BCUT2D eigenvalue weighted by molar-refractivity contribution is 0.0302. The average molecular weight is 336 g/mol. The zero-order valence-electron chi connectivity index (χ0n) is 13.7. The zero-order valence-corrected chi connectivity index (χ0v) is 14.5. The molecule has 2 aromatic heterocycles. The van der Waals surface area contributed by atoms with Gasteiger partial charge in [0.2, 0.25) is 11.7 Å². The van der Waals surface area contributed by atoms with E-state index in [1.807, 2.05) is 23.8 Å². The minimum absolute atomic E-state index is 0.278. The van der Waals surface area contributed by atoms with Crippen LogP contribution in [-0.4, -0.2) is 63.4 Å².